The van der Waals surface area contributed by atoms with Crippen LogP contribution in [-0.2, 0) is 0 Å². The maximum atomic E-state index is 4.07. The summed E-state index contributed by atoms with van der Waals surface area (Å²) in [6, 6.07) is 18.6. The second-order valence-electron chi connectivity index (χ2n) is 3.41. The van der Waals surface area contributed by atoms with E-state index >= 15 is 0 Å². The molecule has 0 bridgehead atoms. The lowest BCUT2D eigenvalue weighted by atomic mass is 10.0. The van der Waals surface area contributed by atoms with Crippen molar-refractivity contribution in [2.75, 3.05) is 5.75 Å². The molecule has 0 atom stereocenters. The van der Waals surface area contributed by atoms with E-state index in [2.05, 4.69) is 48.7 Å². The molecule has 0 aliphatic rings. The molecule has 0 amide bonds. The molecule has 0 N–H and O–H groups in total. The smallest absolute Gasteiger partial charge is 0.0521 e. The van der Waals surface area contributed by atoms with Crippen LogP contribution in [0.1, 0.15) is 5.56 Å². The summed E-state index contributed by atoms with van der Waals surface area (Å²) >= 11 is 4.07. The first-order valence-corrected chi connectivity index (χ1v) is 5.78. The van der Waals surface area contributed by atoms with Crippen LogP contribution in [0.2, 0.25) is 0 Å². The van der Waals surface area contributed by atoms with Crippen molar-refractivity contribution >= 4 is 12.6 Å². The van der Waals surface area contributed by atoms with Crippen LogP contribution in [-0.4, -0.2) is 5.75 Å². The molecule has 0 aliphatic heterocycles. The average molecular weight is 224 g/mol. The molecule has 0 nitrogen and oxygen atoms in total. The first-order valence-electron chi connectivity index (χ1n) is 5.15. The third-order valence-corrected chi connectivity index (χ3v) is 2.44. The lowest BCUT2D eigenvalue weighted by Gasteiger charge is -2.01. The van der Waals surface area contributed by atoms with Gasteiger partial charge in [0.2, 0.25) is 0 Å². The van der Waals surface area contributed by atoms with Gasteiger partial charge >= 0.3 is 0 Å². The number of thiol groups is 1. The number of benzene rings is 2. The maximum Gasteiger partial charge on any atom is 0.0521 e. The van der Waals surface area contributed by atoms with Gasteiger partial charge in [0, 0.05) is 5.56 Å². The molecule has 0 fully saturated rings. The zero-order valence-corrected chi connectivity index (χ0v) is 9.74. The lowest BCUT2D eigenvalue weighted by Crippen LogP contribution is -1.79. The molecule has 1 heteroatoms. The molecule has 0 saturated carbocycles. The Morgan fingerprint density at radius 2 is 1.62 bits per heavy atom. The fraction of sp³-hybridized carbons (Fsp3) is 0.0667. The minimum absolute atomic E-state index is 0.593. The Bertz CT molecular complexity index is 518. The van der Waals surface area contributed by atoms with Crippen molar-refractivity contribution in [1.82, 2.24) is 0 Å². The lowest BCUT2D eigenvalue weighted by molar-refractivity contribution is 1.59. The zero-order chi connectivity index (χ0) is 11.2. The van der Waals surface area contributed by atoms with Crippen LogP contribution in [0.5, 0.6) is 0 Å². The van der Waals surface area contributed by atoms with E-state index in [1.807, 2.05) is 30.3 Å². The predicted octanol–water partition coefficient (Wildman–Crippen LogP) is 3.63. The summed E-state index contributed by atoms with van der Waals surface area (Å²) < 4.78 is 0. The standard InChI is InChI=1S/C15H12S/c16-11-5-7-13-6-4-10-15(12-13)14-8-2-1-3-9-14/h1-4,6,8-10,12,16H,11H2. The molecule has 2 rings (SSSR count). The Kier molecular flexibility index (Phi) is 3.69. The summed E-state index contributed by atoms with van der Waals surface area (Å²) in [5.74, 6) is 6.63. The van der Waals surface area contributed by atoms with Crippen molar-refractivity contribution in [3.05, 3.63) is 60.2 Å². The van der Waals surface area contributed by atoms with E-state index in [9.17, 15) is 0 Å². The zero-order valence-electron chi connectivity index (χ0n) is 8.85. The van der Waals surface area contributed by atoms with Gasteiger partial charge in [0.1, 0.15) is 0 Å². The first-order chi connectivity index (χ1) is 7.90. The topological polar surface area (TPSA) is 0 Å². The highest BCUT2D eigenvalue weighted by atomic mass is 32.1. The largest absolute Gasteiger partial charge is 0.166 e. The van der Waals surface area contributed by atoms with E-state index < -0.39 is 0 Å². The molecule has 0 heterocycles. The van der Waals surface area contributed by atoms with Crippen molar-refractivity contribution < 1.29 is 0 Å². The van der Waals surface area contributed by atoms with Gasteiger partial charge in [-0.25, -0.2) is 0 Å². The van der Waals surface area contributed by atoms with Crippen LogP contribution in [0.4, 0.5) is 0 Å². The Morgan fingerprint density at radius 1 is 0.875 bits per heavy atom. The molecule has 0 spiro atoms. The fourth-order valence-corrected chi connectivity index (χ4v) is 1.63. The summed E-state index contributed by atoms with van der Waals surface area (Å²) in [7, 11) is 0. The van der Waals surface area contributed by atoms with Gasteiger partial charge in [-0.05, 0) is 23.3 Å². The van der Waals surface area contributed by atoms with Crippen molar-refractivity contribution in [2.45, 2.75) is 0 Å². The summed E-state index contributed by atoms with van der Waals surface area (Å²) in [6.45, 7) is 0. The van der Waals surface area contributed by atoms with E-state index in [1.165, 1.54) is 11.1 Å². The molecule has 2 aromatic rings. The van der Waals surface area contributed by atoms with E-state index in [0.29, 0.717) is 5.75 Å². The van der Waals surface area contributed by atoms with Gasteiger partial charge in [0.05, 0.1) is 5.75 Å². The third kappa shape index (κ3) is 2.68. The molecule has 2 aromatic carbocycles. The first kappa shape index (κ1) is 10.9. The molecular formula is C15H12S. The van der Waals surface area contributed by atoms with Crippen LogP contribution in [0, 0.1) is 11.8 Å². The molecular weight excluding hydrogens is 212 g/mol. The van der Waals surface area contributed by atoms with Gasteiger partial charge in [-0.3, -0.25) is 0 Å². The van der Waals surface area contributed by atoms with Crippen molar-refractivity contribution in [1.29, 1.82) is 0 Å². The average Bonchev–Trinajstić information content (AvgIpc) is 2.38. The Morgan fingerprint density at radius 3 is 2.38 bits per heavy atom. The highest BCUT2D eigenvalue weighted by molar-refractivity contribution is 7.80. The number of hydrogen-bond acceptors (Lipinski definition) is 1. The second kappa shape index (κ2) is 5.44. The van der Waals surface area contributed by atoms with Crippen LogP contribution in [0.15, 0.2) is 54.6 Å². The quantitative estimate of drug-likeness (QED) is 0.555. The monoisotopic (exact) mass is 224 g/mol. The molecule has 0 aromatic heterocycles. The van der Waals surface area contributed by atoms with Gasteiger partial charge in [0.25, 0.3) is 0 Å². The van der Waals surface area contributed by atoms with E-state index in [1.54, 1.807) is 0 Å². The van der Waals surface area contributed by atoms with Crippen LogP contribution >= 0.6 is 12.6 Å². The summed E-state index contributed by atoms with van der Waals surface area (Å²) in [5.41, 5.74) is 3.46. The summed E-state index contributed by atoms with van der Waals surface area (Å²) in [5, 5.41) is 0. The molecule has 78 valence electrons. The van der Waals surface area contributed by atoms with Gasteiger partial charge < -0.3 is 0 Å². The fourth-order valence-electron chi connectivity index (χ4n) is 1.55. The third-order valence-electron chi connectivity index (χ3n) is 2.28. The molecule has 0 unspecified atom stereocenters. The second-order valence-corrected chi connectivity index (χ2v) is 3.72. The van der Waals surface area contributed by atoms with Gasteiger partial charge in [-0.15, -0.1) is 0 Å². The van der Waals surface area contributed by atoms with E-state index in [0.717, 1.165) is 5.56 Å². The molecule has 0 radical (unpaired) electrons. The van der Waals surface area contributed by atoms with Crippen molar-refractivity contribution in [2.24, 2.45) is 0 Å². The number of rotatable bonds is 1. The summed E-state index contributed by atoms with van der Waals surface area (Å²) in [6.07, 6.45) is 0. The maximum absolute atomic E-state index is 4.07. The van der Waals surface area contributed by atoms with Crippen LogP contribution in [0.25, 0.3) is 11.1 Å². The van der Waals surface area contributed by atoms with Gasteiger partial charge in [-0.1, -0.05) is 54.3 Å². The van der Waals surface area contributed by atoms with Crippen LogP contribution in [0.3, 0.4) is 0 Å². The highest BCUT2D eigenvalue weighted by Gasteiger charge is 1.96. The van der Waals surface area contributed by atoms with E-state index in [4.69, 9.17) is 0 Å². The molecule has 16 heavy (non-hydrogen) atoms. The summed E-state index contributed by atoms with van der Waals surface area (Å²) in [4.78, 5) is 0. The van der Waals surface area contributed by atoms with Gasteiger partial charge in [0.15, 0.2) is 0 Å². The molecule has 0 aliphatic carbocycles. The highest BCUT2D eigenvalue weighted by Crippen LogP contribution is 2.19. The van der Waals surface area contributed by atoms with Gasteiger partial charge in [-0.2, -0.15) is 12.6 Å². The Balaban J connectivity index is 2.37. The minimum Gasteiger partial charge on any atom is -0.166 e. The SMILES string of the molecule is SCC#Cc1cccc(-c2ccccc2)c1. The van der Waals surface area contributed by atoms with Crippen LogP contribution < -0.4 is 0 Å². The molecule has 0 saturated heterocycles. The minimum atomic E-state index is 0.593. The predicted molar refractivity (Wildman–Crippen MR) is 72.6 cm³/mol. The Hall–Kier alpha value is -1.65. The number of hydrogen-bond donors (Lipinski definition) is 1. The van der Waals surface area contributed by atoms with Crippen molar-refractivity contribution in [3.63, 3.8) is 0 Å². The van der Waals surface area contributed by atoms with E-state index in [-0.39, 0.29) is 0 Å². The Labute approximate surface area is 102 Å². The normalized spacial score (nSPS) is 9.31. The van der Waals surface area contributed by atoms with Crippen molar-refractivity contribution in [3.8, 4) is 23.0 Å².